The van der Waals surface area contributed by atoms with Crippen LogP contribution in [0.2, 0.25) is 0 Å². The van der Waals surface area contributed by atoms with Crippen LogP contribution in [-0.2, 0) is 20.7 Å². The van der Waals surface area contributed by atoms with Gasteiger partial charge in [0.15, 0.2) is 0 Å². The van der Waals surface area contributed by atoms with Crippen LogP contribution in [0.1, 0.15) is 101 Å². The number of hydrogen-bond acceptors (Lipinski definition) is 5. The minimum atomic E-state index is -0.989. The number of carbonyl (C=O) groups excluding carboxylic acids is 3. The predicted molar refractivity (Wildman–Crippen MR) is 165 cm³/mol. The van der Waals surface area contributed by atoms with Crippen LogP contribution in [0, 0.1) is 13.8 Å². The van der Waals surface area contributed by atoms with E-state index in [0.717, 1.165) is 54.4 Å². The molecule has 0 aromatic heterocycles. The first-order valence-corrected chi connectivity index (χ1v) is 15.3. The predicted octanol–water partition coefficient (Wildman–Crippen LogP) is 6.26. The second kappa shape index (κ2) is 15.1. The molecule has 0 spiro atoms. The molecule has 0 saturated heterocycles. The van der Waals surface area contributed by atoms with Gasteiger partial charge in [-0.05, 0) is 88.3 Å². The van der Waals surface area contributed by atoms with Crippen molar-refractivity contribution in [3.63, 3.8) is 0 Å². The summed E-state index contributed by atoms with van der Waals surface area (Å²) in [5.74, 6) is -0.437. The lowest BCUT2D eigenvalue weighted by molar-refractivity contribution is -0.143. The van der Waals surface area contributed by atoms with Crippen molar-refractivity contribution in [3.8, 4) is 5.75 Å². The molecule has 3 amide bonds. The van der Waals surface area contributed by atoms with E-state index in [0.29, 0.717) is 13.0 Å². The molecular weight excluding hydrogens is 530 g/mol. The van der Waals surface area contributed by atoms with E-state index >= 15 is 0 Å². The van der Waals surface area contributed by atoms with E-state index in [9.17, 15) is 19.5 Å². The molecule has 1 aliphatic carbocycles. The highest BCUT2D eigenvalue weighted by atomic mass is 16.6. The molecule has 3 rings (SSSR count). The summed E-state index contributed by atoms with van der Waals surface area (Å²) < 4.78 is 5.52. The summed E-state index contributed by atoms with van der Waals surface area (Å²) in [4.78, 5) is 43.3. The quantitative estimate of drug-likeness (QED) is 0.291. The zero-order valence-corrected chi connectivity index (χ0v) is 26.2. The van der Waals surface area contributed by atoms with E-state index in [4.69, 9.17) is 4.74 Å². The van der Waals surface area contributed by atoms with Gasteiger partial charge in [0.2, 0.25) is 11.8 Å². The minimum Gasteiger partial charge on any atom is -0.508 e. The standard InChI is InChI=1S/C34H49N3O5/c1-7-8-21-37(30(28-16-12-13-23(2)24(28)3)31(39)35-26-14-10-9-11-15-26)32(40)29(36-33(41)42-34(4,5)6)22-25-17-19-27(38)20-18-25/h12-13,16-20,26,29-30,38H,7-11,14-15,21-22H2,1-6H3,(H,35,39)(H,36,41). The number of phenolic OH excluding ortho intramolecular Hbond substituents is 1. The number of aryl methyl sites for hydroxylation is 1. The molecule has 0 heterocycles. The summed E-state index contributed by atoms with van der Waals surface area (Å²) in [6.45, 7) is 11.7. The number of nitrogens with one attached hydrogen (secondary N) is 2. The maximum Gasteiger partial charge on any atom is 0.408 e. The fraction of sp³-hybridized carbons (Fsp3) is 0.559. The largest absolute Gasteiger partial charge is 0.508 e. The average Bonchev–Trinajstić information content (AvgIpc) is 2.93. The molecule has 1 aliphatic rings. The molecule has 2 unspecified atom stereocenters. The van der Waals surface area contributed by atoms with Crippen LogP contribution in [0.25, 0.3) is 0 Å². The number of ether oxygens (including phenoxy) is 1. The summed E-state index contributed by atoms with van der Waals surface area (Å²) in [6, 6.07) is 10.6. The van der Waals surface area contributed by atoms with Crippen LogP contribution in [0.3, 0.4) is 0 Å². The van der Waals surface area contributed by atoms with Crippen molar-refractivity contribution in [1.82, 2.24) is 15.5 Å². The van der Waals surface area contributed by atoms with E-state index in [1.807, 2.05) is 39.0 Å². The van der Waals surface area contributed by atoms with E-state index in [1.165, 1.54) is 6.42 Å². The highest BCUT2D eigenvalue weighted by molar-refractivity contribution is 5.92. The van der Waals surface area contributed by atoms with Gasteiger partial charge in [-0.3, -0.25) is 9.59 Å². The fourth-order valence-corrected chi connectivity index (χ4v) is 5.46. The molecule has 0 radical (unpaired) electrons. The van der Waals surface area contributed by atoms with Crippen molar-refractivity contribution in [2.75, 3.05) is 6.54 Å². The zero-order chi connectivity index (χ0) is 30.9. The van der Waals surface area contributed by atoms with E-state index in [-0.39, 0.29) is 30.0 Å². The number of unbranched alkanes of at least 4 members (excludes halogenated alkanes) is 1. The topological polar surface area (TPSA) is 108 Å². The van der Waals surface area contributed by atoms with Gasteiger partial charge in [-0.2, -0.15) is 0 Å². The first kappa shape index (κ1) is 33.0. The van der Waals surface area contributed by atoms with E-state index in [2.05, 4.69) is 10.6 Å². The summed E-state index contributed by atoms with van der Waals surface area (Å²) in [5, 5.41) is 15.9. The normalized spacial score (nSPS) is 15.4. The van der Waals surface area contributed by atoms with Gasteiger partial charge in [0.05, 0.1) is 0 Å². The van der Waals surface area contributed by atoms with Gasteiger partial charge in [-0.15, -0.1) is 0 Å². The zero-order valence-electron chi connectivity index (χ0n) is 26.2. The molecule has 0 bridgehead atoms. The van der Waals surface area contributed by atoms with Crippen molar-refractivity contribution >= 4 is 17.9 Å². The molecule has 230 valence electrons. The number of nitrogens with zero attached hydrogens (tertiary/aromatic N) is 1. The molecular formula is C34H49N3O5. The highest BCUT2D eigenvalue weighted by Crippen LogP contribution is 2.29. The Balaban J connectivity index is 2.05. The maximum atomic E-state index is 14.6. The molecule has 1 saturated carbocycles. The Hall–Kier alpha value is -3.55. The third kappa shape index (κ3) is 9.50. The molecule has 1 fully saturated rings. The molecule has 8 nitrogen and oxygen atoms in total. The van der Waals surface area contributed by atoms with Crippen molar-refractivity contribution in [3.05, 3.63) is 64.7 Å². The first-order valence-electron chi connectivity index (χ1n) is 15.3. The summed E-state index contributed by atoms with van der Waals surface area (Å²) in [5.41, 5.74) is 2.80. The Labute approximate surface area is 251 Å². The molecule has 2 aromatic rings. The van der Waals surface area contributed by atoms with E-state index < -0.39 is 23.8 Å². The average molecular weight is 580 g/mol. The second-order valence-electron chi connectivity index (χ2n) is 12.5. The number of benzene rings is 2. The summed E-state index contributed by atoms with van der Waals surface area (Å²) in [6.07, 6.45) is 6.17. The van der Waals surface area contributed by atoms with Crippen LogP contribution >= 0.6 is 0 Å². The third-order valence-corrected chi connectivity index (χ3v) is 7.85. The monoisotopic (exact) mass is 579 g/mol. The van der Waals surface area contributed by atoms with Crippen LogP contribution in [0.15, 0.2) is 42.5 Å². The highest BCUT2D eigenvalue weighted by Gasteiger charge is 2.37. The molecule has 42 heavy (non-hydrogen) atoms. The van der Waals surface area contributed by atoms with E-state index in [1.54, 1.807) is 49.9 Å². The molecule has 3 N–H and O–H groups in total. The lowest BCUT2D eigenvalue weighted by atomic mass is 9.92. The smallest absolute Gasteiger partial charge is 0.408 e. The Morgan fingerprint density at radius 1 is 1.02 bits per heavy atom. The van der Waals surface area contributed by atoms with Crippen molar-refractivity contribution < 1.29 is 24.2 Å². The SMILES string of the molecule is CCCCN(C(=O)C(Cc1ccc(O)cc1)NC(=O)OC(C)(C)C)C(C(=O)NC1CCCCC1)c1cccc(C)c1C. The maximum absolute atomic E-state index is 14.6. The molecule has 2 atom stereocenters. The lowest BCUT2D eigenvalue weighted by Gasteiger charge is -2.36. The van der Waals surface area contributed by atoms with Crippen molar-refractivity contribution in [2.24, 2.45) is 0 Å². The Kier molecular flexibility index (Phi) is 11.8. The number of amides is 3. The van der Waals surface area contributed by atoms with Crippen LogP contribution in [0.5, 0.6) is 5.75 Å². The third-order valence-electron chi connectivity index (χ3n) is 7.85. The number of aromatic hydroxyl groups is 1. The molecule has 8 heteroatoms. The minimum absolute atomic E-state index is 0.0784. The number of hydrogen-bond donors (Lipinski definition) is 3. The Morgan fingerprint density at radius 2 is 1.69 bits per heavy atom. The number of alkyl carbamates (subject to hydrolysis) is 1. The number of rotatable bonds is 11. The van der Waals surface area contributed by atoms with Crippen molar-refractivity contribution in [2.45, 2.75) is 117 Å². The van der Waals surface area contributed by atoms with Gasteiger partial charge in [-0.25, -0.2) is 4.79 Å². The number of carbonyl (C=O) groups is 3. The Morgan fingerprint density at radius 3 is 2.31 bits per heavy atom. The van der Waals surface area contributed by atoms with Gasteiger partial charge in [0.1, 0.15) is 23.4 Å². The molecule has 0 aliphatic heterocycles. The van der Waals surface area contributed by atoms with Crippen molar-refractivity contribution in [1.29, 1.82) is 0 Å². The number of phenols is 1. The van der Waals surface area contributed by atoms with Crippen LogP contribution in [0.4, 0.5) is 4.79 Å². The van der Waals surface area contributed by atoms with Gasteiger partial charge in [-0.1, -0.05) is 62.9 Å². The van der Waals surface area contributed by atoms with Gasteiger partial charge < -0.3 is 25.4 Å². The van der Waals surface area contributed by atoms with Crippen LogP contribution < -0.4 is 10.6 Å². The summed E-state index contributed by atoms with van der Waals surface area (Å²) in [7, 11) is 0. The second-order valence-corrected chi connectivity index (χ2v) is 12.5. The lowest BCUT2D eigenvalue weighted by Crippen LogP contribution is -2.54. The van der Waals surface area contributed by atoms with Crippen LogP contribution in [-0.4, -0.2) is 52.1 Å². The fourth-order valence-electron chi connectivity index (χ4n) is 5.46. The van der Waals surface area contributed by atoms with Gasteiger partial charge >= 0.3 is 6.09 Å². The van der Waals surface area contributed by atoms with Gasteiger partial charge in [0, 0.05) is 19.0 Å². The van der Waals surface area contributed by atoms with Gasteiger partial charge in [0.25, 0.3) is 0 Å². The summed E-state index contributed by atoms with van der Waals surface area (Å²) >= 11 is 0. The Bertz CT molecular complexity index is 1200. The first-order chi connectivity index (χ1) is 19.9. The molecule has 2 aromatic carbocycles.